The van der Waals surface area contributed by atoms with Crippen molar-refractivity contribution in [2.24, 2.45) is 0 Å². The van der Waals surface area contributed by atoms with Crippen molar-refractivity contribution in [1.82, 2.24) is 20.2 Å². The fourth-order valence-electron chi connectivity index (χ4n) is 2.79. The van der Waals surface area contributed by atoms with E-state index in [0.29, 0.717) is 25.3 Å². The number of nitrogens with one attached hydrogen (secondary N) is 2. The third-order valence-electron chi connectivity index (χ3n) is 4.02. The summed E-state index contributed by atoms with van der Waals surface area (Å²) in [6, 6.07) is 11.2. The van der Waals surface area contributed by atoms with Gasteiger partial charge < -0.3 is 24.4 Å². The Labute approximate surface area is 156 Å². The number of para-hydroxylation sites is 2. The Morgan fingerprint density at radius 1 is 1.15 bits per heavy atom. The van der Waals surface area contributed by atoms with E-state index in [2.05, 4.69) is 15.6 Å². The predicted octanol–water partition coefficient (Wildman–Crippen LogP) is 1.25. The van der Waals surface area contributed by atoms with Crippen LogP contribution >= 0.6 is 0 Å². The van der Waals surface area contributed by atoms with Crippen molar-refractivity contribution in [1.29, 1.82) is 0 Å². The Morgan fingerprint density at radius 2 is 2.00 bits per heavy atom. The van der Waals surface area contributed by atoms with Gasteiger partial charge in [-0.25, -0.2) is 4.98 Å². The molecule has 0 fully saturated rings. The minimum Gasteiger partial charge on any atom is -0.467 e. The number of carbonyl (C=O) groups excluding carboxylic acids is 2. The predicted molar refractivity (Wildman–Crippen MR) is 98.9 cm³/mol. The van der Waals surface area contributed by atoms with Crippen LogP contribution < -0.4 is 10.6 Å². The van der Waals surface area contributed by atoms with E-state index >= 15 is 0 Å². The van der Waals surface area contributed by atoms with E-state index < -0.39 is 0 Å². The van der Waals surface area contributed by atoms with Crippen LogP contribution in [0.3, 0.4) is 0 Å². The third-order valence-corrected chi connectivity index (χ3v) is 4.02. The van der Waals surface area contributed by atoms with Crippen LogP contribution in [0.5, 0.6) is 0 Å². The normalized spacial score (nSPS) is 10.9. The molecule has 0 aliphatic rings. The number of rotatable bonds is 9. The van der Waals surface area contributed by atoms with Crippen LogP contribution in [0.4, 0.5) is 0 Å². The van der Waals surface area contributed by atoms with Gasteiger partial charge in [-0.1, -0.05) is 12.1 Å². The molecule has 142 valence electrons. The first-order valence-electron chi connectivity index (χ1n) is 8.66. The lowest BCUT2D eigenvalue weighted by Gasteiger charge is -2.10. The lowest BCUT2D eigenvalue weighted by molar-refractivity contribution is -0.124. The maximum absolute atomic E-state index is 12.4. The lowest BCUT2D eigenvalue weighted by Crippen LogP contribution is -2.30. The number of hydrogen-bond donors (Lipinski definition) is 2. The molecule has 0 spiro atoms. The topological polar surface area (TPSA) is 98.4 Å². The van der Waals surface area contributed by atoms with Crippen LogP contribution in [-0.4, -0.2) is 41.6 Å². The maximum atomic E-state index is 12.4. The van der Waals surface area contributed by atoms with Crippen molar-refractivity contribution in [3.8, 4) is 0 Å². The summed E-state index contributed by atoms with van der Waals surface area (Å²) in [7, 11) is 1.47. The first-order chi connectivity index (χ1) is 13.2. The standard InChI is InChI=1S/C19H22N4O4/c1-26-13-19(25)20-9-8-17-22-15-6-2-3-7-16(15)23(17)12-18(24)21-11-14-5-4-10-27-14/h2-7,10H,8-9,11-13H2,1H3,(H,20,25)(H,21,24). The molecule has 0 unspecified atom stereocenters. The van der Waals surface area contributed by atoms with Crippen LogP contribution in [0.25, 0.3) is 11.0 Å². The molecular weight excluding hydrogens is 348 g/mol. The highest BCUT2D eigenvalue weighted by Crippen LogP contribution is 2.16. The number of benzene rings is 1. The molecule has 0 bridgehead atoms. The SMILES string of the molecule is COCC(=O)NCCc1nc2ccccc2n1CC(=O)NCc1ccco1. The third kappa shape index (κ3) is 4.95. The maximum Gasteiger partial charge on any atom is 0.245 e. The average molecular weight is 370 g/mol. The number of imidazole rings is 1. The highest BCUT2D eigenvalue weighted by atomic mass is 16.5. The summed E-state index contributed by atoms with van der Waals surface area (Å²) in [6.07, 6.45) is 2.08. The molecule has 3 aromatic rings. The highest BCUT2D eigenvalue weighted by Gasteiger charge is 2.14. The molecule has 0 saturated carbocycles. The molecule has 0 saturated heterocycles. The van der Waals surface area contributed by atoms with Gasteiger partial charge in [-0.2, -0.15) is 0 Å². The highest BCUT2D eigenvalue weighted by molar-refractivity contribution is 5.81. The lowest BCUT2D eigenvalue weighted by atomic mass is 10.3. The van der Waals surface area contributed by atoms with E-state index in [4.69, 9.17) is 9.15 Å². The Hall–Kier alpha value is -3.13. The average Bonchev–Trinajstić information content (AvgIpc) is 3.29. The van der Waals surface area contributed by atoms with E-state index in [1.165, 1.54) is 7.11 Å². The molecule has 2 heterocycles. The van der Waals surface area contributed by atoms with Crippen molar-refractivity contribution in [3.63, 3.8) is 0 Å². The van der Waals surface area contributed by atoms with Gasteiger partial charge in [0.25, 0.3) is 0 Å². The van der Waals surface area contributed by atoms with Crippen LogP contribution in [0.1, 0.15) is 11.6 Å². The van der Waals surface area contributed by atoms with Gasteiger partial charge in [0.05, 0.1) is 23.8 Å². The molecule has 0 radical (unpaired) electrons. The van der Waals surface area contributed by atoms with Gasteiger partial charge in [-0.15, -0.1) is 0 Å². The number of carbonyl (C=O) groups is 2. The van der Waals surface area contributed by atoms with E-state index in [0.717, 1.165) is 16.9 Å². The van der Waals surface area contributed by atoms with Gasteiger partial charge in [0.1, 0.15) is 24.7 Å². The summed E-state index contributed by atoms with van der Waals surface area (Å²) >= 11 is 0. The first-order valence-corrected chi connectivity index (χ1v) is 8.66. The molecule has 8 heteroatoms. The molecule has 1 aromatic carbocycles. The summed E-state index contributed by atoms with van der Waals surface area (Å²) in [6.45, 7) is 0.911. The van der Waals surface area contributed by atoms with Gasteiger partial charge >= 0.3 is 0 Å². The van der Waals surface area contributed by atoms with Crippen molar-refractivity contribution >= 4 is 22.8 Å². The van der Waals surface area contributed by atoms with Crippen molar-refractivity contribution < 1.29 is 18.7 Å². The summed E-state index contributed by atoms with van der Waals surface area (Å²) in [5.41, 5.74) is 1.69. The molecule has 27 heavy (non-hydrogen) atoms. The number of fused-ring (bicyclic) bond motifs is 1. The fraction of sp³-hybridized carbons (Fsp3) is 0.316. The fourth-order valence-corrected chi connectivity index (χ4v) is 2.79. The van der Waals surface area contributed by atoms with Crippen LogP contribution in [0.15, 0.2) is 47.1 Å². The monoisotopic (exact) mass is 370 g/mol. The van der Waals surface area contributed by atoms with Crippen molar-refractivity contribution in [3.05, 3.63) is 54.2 Å². The second kappa shape index (κ2) is 9.00. The van der Waals surface area contributed by atoms with E-state index in [1.807, 2.05) is 28.8 Å². The van der Waals surface area contributed by atoms with Gasteiger partial charge in [0.15, 0.2) is 0 Å². The zero-order valence-electron chi connectivity index (χ0n) is 15.1. The van der Waals surface area contributed by atoms with Crippen LogP contribution in [0, 0.1) is 0 Å². The Kier molecular flexibility index (Phi) is 6.22. The van der Waals surface area contributed by atoms with Gasteiger partial charge in [-0.05, 0) is 24.3 Å². The zero-order chi connectivity index (χ0) is 19.1. The Balaban J connectivity index is 1.68. The van der Waals surface area contributed by atoms with Gasteiger partial charge in [-0.3, -0.25) is 9.59 Å². The van der Waals surface area contributed by atoms with E-state index in [-0.39, 0.29) is 25.0 Å². The minimum absolute atomic E-state index is 0.0194. The van der Waals surface area contributed by atoms with E-state index in [1.54, 1.807) is 18.4 Å². The molecule has 8 nitrogen and oxygen atoms in total. The van der Waals surface area contributed by atoms with Crippen molar-refractivity contribution in [2.75, 3.05) is 20.3 Å². The van der Waals surface area contributed by atoms with E-state index in [9.17, 15) is 9.59 Å². The summed E-state index contributed by atoms with van der Waals surface area (Å²) in [5, 5.41) is 5.61. The van der Waals surface area contributed by atoms with Gasteiger partial charge in [0, 0.05) is 20.1 Å². The second-order valence-electron chi connectivity index (χ2n) is 5.99. The summed E-state index contributed by atoms with van der Waals surface area (Å²) in [5.74, 6) is 1.11. The summed E-state index contributed by atoms with van der Waals surface area (Å²) in [4.78, 5) is 28.5. The molecule has 0 atom stereocenters. The summed E-state index contributed by atoms with van der Waals surface area (Å²) < 4.78 is 11.9. The van der Waals surface area contributed by atoms with Gasteiger partial charge in [0.2, 0.25) is 11.8 Å². The quantitative estimate of drug-likeness (QED) is 0.591. The van der Waals surface area contributed by atoms with Crippen LogP contribution in [0.2, 0.25) is 0 Å². The number of hydrogen-bond acceptors (Lipinski definition) is 5. The largest absolute Gasteiger partial charge is 0.467 e. The number of nitrogens with zero attached hydrogens (tertiary/aromatic N) is 2. The number of methoxy groups -OCH3 is 1. The Morgan fingerprint density at radius 3 is 2.78 bits per heavy atom. The molecule has 0 aliphatic carbocycles. The molecule has 2 N–H and O–H groups in total. The zero-order valence-corrected chi connectivity index (χ0v) is 15.1. The minimum atomic E-state index is -0.184. The molecule has 3 rings (SSSR count). The molecule has 2 amide bonds. The van der Waals surface area contributed by atoms with Crippen molar-refractivity contribution in [2.45, 2.75) is 19.5 Å². The first kappa shape index (κ1) is 18.7. The molecular formula is C19H22N4O4. The second-order valence-corrected chi connectivity index (χ2v) is 5.99. The number of furan rings is 1. The number of aromatic nitrogens is 2. The molecule has 2 aromatic heterocycles. The smallest absolute Gasteiger partial charge is 0.245 e. The molecule has 0 aliphatic heterocycles. The number of amides is 2. The number of ether oxygens (including phenoxy) is 1. The Bertz CT molecular complexity index is 902. The van der Waals surface area contributed by atoms with Crippen LogP contribution in [-0.2, 0) is 33.8 Å².